The molecule has 1 heterocycles. The lowest BCUT2D eigenvalue weighted by Gasteiger charge is -2.23. The van der Waals surface area contributed by atoms with Crippen molar-refractivity contribution in [3.63, 3.8) is 0 Å². The van der Waals surface area contributed by atoms with E-state index in [9.17, 15) is 9.18 Å². The van der Waals surface area contributed by atoms with Crippen molar-refractivity contribution in [2.24, 2.45) is 0 Å². The second-order valence-electron chi connectivity index (χ2n) is 5.90. The number of rotatable bonds is 4. The molecule has 0 spiro atoms. The molecule has 0 unspecified atom stereocenters. The quantitative estimate of drug-likeness (QED) is 0.802. The van der Waals surface area contributed by atoms with Crippen molar-refractivity contribution in [1.29, 1.82) is 0 Å². The first-order valence-electron chi connectivity index (χ1n) is 7.70. The molecule has 4 rings (SSSR count). The molecule has 0 saturated heterocycles. The molecule has 0 atom stereocenters. The molecule has 4 nitrogen and oxygen atoms in total. The summed E-state index contributed by atoms with van der Waals surface area (Å²) in [6, 6.07) is 12.4. The predicted octanol–water partition coefficient (Wildman–Crippen LogP) is 3.51. The third-order valence-corrected chi connectivity index (χ3v) is 4.25. The number of carbonyl (C=O) groups is 1. The summed E-state index contributed by atoms with van der Waals surface area (Å²) in [5.41, 5.74) is 1.87. The van der Waals surface area contributed by atoms with E-state index in [0.717, 1.165) is 23.7 Å². The smallest absolute Gasteiger partial charge is 0.256 e. The van der Waals surface area contributed by atoms with E-state index >= 15 is 0 Å². The predicted molar refractivity (Wildman–Crippen MR) is 85.4 cm³/mol. The van der Waals surface area contributed by atoms with Gasteiger partial charge < -0.3 is 4.90 Å². The van der Waals surface area contributed by atoms with Crippen LogP contribution in [0.4, 0.5) is 4.39 Å². The van der Waals surface area contributed by atoms with Crippen molar-refractivity contribution >= 4 is 16.8 Å². The van der Waals surface area contributed by atoms with Crippen LogP contribution in [0.3, 0.4) is 0 Å². The summed E-state index contributed by atoms with van der Waals surface area (Å²) in [4.78, 5) is 14.8. The number of fused-ring (bicyclic) bond motifs is 1. The molecule has 1 fully saturated rings. The summed E-state index contributed by atoms with van der Waals surface area (Å²) in [6.07, 6.45) is 3.64. The highest BCUT2D eigenvalue weighted by Gasteiger charge is 2.34. The van der Waals surface area contributed by atoms with Crippen LogP contribution < -0.4 is 0 Å². The number of halogens is 1. The molecule has 0 aliphatic heterocycles. The summed E-state index contributed by atoms with van der Waals surface area (Å²) in [5, 5.41) is 7.79. The largest absolute Gasteiger partial charge is 0.331 e. The summed E-state index contributed by atoms with van der Waals surface area (Å²) in [6.45, 7) is 0.292. The van der Waals surface area contributed by atoms with Crippen LogP contribution >= 0.6 is 0 Å². The van der Waals surface area contributed by atoms with Gasteiger partial charge in [-0.1, -0.05) is 30.3 Å². The van der Waals surface area contributed by atoms with E-state index in [2.05, 4.69) is 10.2 Å². The van der Waals surface area contributed by atoms with Crippen LogP contribution in [0.15, 0.2) is 48.7 Å². The average molecular weight is 309 g/mol. The molecule has 1 aliphatic rings. The van der Waals surface area contributed by atoms with E-state index in [1.54, 1.807) is 35.4 Å². The minimum Gasteiger partial charge on any atom is -0.331 e. The van der Waals surface area contributed by atoms with Crippen molar-refractivity contribution in [3.05, 3.63) is 65.6 Å². The number of hydrogen-bond donors (Lipinski definition) is 1. The number of nitrogens with one attached hydrogen (secondary N) is 1. The SMILES string of the molecule is O=C(c1cccc2cn[nH]c12)N(Cc1ccccc1F)C1CC1. The molecule has 1 saturated carbocycles. The van der Waals surface area contributed by atoms with Gasteiger partial charge in [0.15, 0.2) is 0 Å². The lowest BCUT2D eigenvalue weighted by Crippen LogP contribution is -2.33. The third kappa shape index (κ3) is 2.59. The Labute approximate surface area is 132 Å². The first kappa shape index (κ1) is 13.9. The van der Waals surface area contributed by atoms with Crippen LogP contribution in [0.1, 0.15) is 28.8 Å². The van der Waals surface area contributed by atoms with Gasteiger partial charge in [-0.15, -0.1) is 0 Å². The van der Waals surface area contributed by atoms with E-state index in [-0.39, 0.29) is 17.8 Å². The molecule has 5 heteroatoms. The van der Waals surface area contributed by atoms with Crippen LogP contribution in [0.2, 0.25) is 0 Å². The molecule has 0 radical (unpaired) electrons. The number of hydrogen-bond acceptors (Lipinski definition) is 2. The fourth-order valence-electron chi connectivity index (χ4n) is 2.86. The maximum absolute atomic E-state index is 13.9. The molecule has 1 amide bonds. The monoisotopic (exact) mass is 309 g/mol. The second-order valence-corrected chi connectivity index (χ2v) is 5.90. The molecular weight excluding hydrogens is 293 g/mol. The van der Waals surface area contributed by atoms with Gasteiger partial charge in [-0.05, 0) is 25.0 Å². The van der Waals surface area contributed by atoms with Gasteiger partial charge in [0, 0.05) is 23.5 Å². The first-order chi connectivity index (χ1) is 11.2. The van der Waals surface area contributed by atoms with E-state index in [4.69, 9.17) is 0 Å². The van der Waals surface area contributed by atoms with E-state index in [0.29, 0.717) is 17.7 Å². The van der Waals surface area contributed by atoms with Gasteiger partial charge in [-0.25, -0.2) is 4.39 Å². The van der Waals surface area contributed by atoms with Crippen molar-refractivity contribution in [3.8, 4) is 0 Å². The zero-order valence-electron chi connectivity index (χ0n) is 12.5. The van der Waals surface area contributed by atoms with Gasteiger partial charge in [0.1, 0.15) is 5.82 Å². The lowest BCUT2D eigenvalue weighted by molar-refractivity contribution is 0.0730. The highest BCUT2D eigenvalue weighted by molar-refractivity contribution is 6.05. The zero-order valence-corrected chi connectivity index (χ0v) is 12.5. The van der Waals surface area contributed by atoms with Gasteiger partial charge in [0.05, 0.1) is 17.3 Å². The molecule has 23 heavy (non-hydrogen) atoms. The lowest BCUT2D eigenvalue weighted by atomic mass is 10.1. The van der Waals surface area contributed by atoms with Gasteiger partial charge in [0.25, 0.3) is 5.91 Å². The Balaban J connectivity index is 1.69. The van der Waals surface area contributed by atoms with Crippen molar-refractivity contribution in [2.45, 2.75) is 25.4 Å². The van der Waals surface area contributed by atoms with Crippen LogP contribution in [-0.4, -0.2) is 27.0 Å². The number of carbonyl (C=O) groups excluding carboxylic acids is 1. The Hall–Kier alpha value is -2.69. The topological polar surface area (TPSA) is 49.0 Å². The molecule has 3 aromatic rings. The highest BCUT2D eigenvalue weighted by Crippen LogP contribution is 2.31. The second kappa shape index (κ2) is 5.50. The Bertz CT molecular complexity index is 869. The maximum atomic E-state index is 13.9. The van der Waals surface area contributed by atoms with Crippen molar-refractivity contribution in [1.82, 2.24) is 15.1 Å². The number of aromatic nitrogens is 2. The highest BCUT2D eigenvalue weighted by atomic mass is 19.1. The fourth-order valence-corrected chi connectivity index (χ4v) is 2.86. The Kier molecular flexibility index (Phi) is 3.33. The fraction of sp³-hybridized carbons (Fsp3) is 0.222. The minimum atomic E-state index is -0.273. The van der Waals surface area contributed by atoms with Crippen molar-refractivity contribution in [2.75, 3.05) is 0 Å². The summed E-state index contributed by atoms with van der Waals surface area (Å²) >= 11 is 0. The van der Waals surface area contributed by atoms with E-state index < -0.39 is 0 Å². The van der Waals surface area contributed by atoms with Crippen LogP contribution in [0.25, 0.3) is 10.9 Å². The number of aromatic amines is 1. The Morgan fingerprint density at radius 3 is 2.83 bits per heavy atom. The standard InChI is InChI=1S/C18H16FN3O/c19-16-7-2-1-4-13(16)11-22(14-8-9-14)18(23)15-6-3-5-12-10-20-21-17(12)15/h1-7,10,14H,8-9,11H2,(H,20,21). The van der Waals surface area contributed by atoms with Crippen LogP contribution in [-0.2, 0) is 6.54 Å². The molecular formula is C18H16FN3O. The summed E-state index contributed by atoms with van der Waals surface area (Å²) in [5.74, 6) is -0.351. The van der Waals surface area contributed by atoms with Gasteiger partial charge in [-0.3, -0.25) is 9.89 Å². The minimum absolute atomic E-state index is 0.0781. The summed E-state index contributed by atoms with van der Waals surface area (Å²) < 4.78 is 13.9. The van der Waals surface area contributed by atoms with Crippen molar-refractivity contribution < 1.29 is 9.18 Å². The number of para-hydroxylation sites is 1. The van der Waals surface area contributed by atoms with E-state index in [1.165, 1.54) is 6.07 Å². The molecule has 2 aromatic carbocycles. The first-order valence-corrected chi connectivity index (χ1v) is 7.70. The molecule has 116 valence electrons. The number of amides is 1. The average Bonchev–Trinajstić information content (AvgIpc) is 3.29. The maximum Gasteiger partial charge on any atom is 0.256 e. The molecule has 1 N–H and O–H groups in total. The summed E-state index contributed by atoms with van der Waals surface area (Å²) in [7, 11) is 0. The Morgan fingerprint density at radius 2 is 2.04 bits per heavy atom. The van der Waals surface area contributed by atoms with Gasteiger partial charge in [-0.2, -0.15) is 5.10 Å². The van der Waals surface area contributed by atoms with Crippen LogP contribution in [0.5, 0.6) is 0 Å². The number of nitrogens with zero attached hydrogens (tertiary/aromatic N) is 2. The Morgan fingerprint density at radius 1 is 1.22 bits per heavy atom. The number of H-pyrrole nitrogens is 1. The third-order valence-electron chi connectivity index (χ3n) is 4.25. The zero-order chi connectivity index (χ0) is 15.8. The number of benzene rings is 2. The van der Waals surface area contributed by atoms with Gasteiger partial charge >= 0.3 is 0 Å². The normalized spacial score (nSPS) is 14.1. The molecule has 1 aromatic heterocycles. The molecule has 1 aliphatic carbocycles. The van der Waals surface area contributed by atoms with Gasteiger partial charge in [0.2, 0.25) is 0 Å². The van der Waals surface area contributed by atoms with Crippen LogP contribution in [0, 0.1) is 5.82 Å². The molecule has 0 bridgehead atoms. The van der Waals surface area contributed by atoms with E-state index in [1.807, 2.05) is 12.1 Å².